The molecule has 0 saturated heterocycles. The van der Waals surface area contributed by atoms with Crippen LogP contribution in [0.15, 0.2) is 34.2 Å². The van der Waals surface area contributed by atoms with E-state index in [0.29, 0.717) is 18.0 Å². The first-order chi connectivity index (χ1) is 11.4. The van der Waals surface area contributed by atoms with Gasteiger partial charge in [0.05, 0.1) is 24.2 Å². The van der Waals surface area contributed by atoms with Gasteiger partial charge >= 0.3 is 10.5 Å². The zero-order valence-electron chi connectivity index (χ0n) is 13.7. The Hall–Kier alpha value is -1.58. The maximum atomic E-state index is 10.8. The lowest BCUT2D eigenvalue weighted by Gasteiger charge is -2.26. The molecular formula is C15H19N3O3S3. The number of hydrogen-bond donors (Lipinski definition) is 0. The van der Waals surface area contributed by atoms with Gasteiger partial charge in [0.15, 0.2) is 0 Å². The Balaban J connectivity index is 2.38. The van der Waals surface area contributed by atoms with Crippen LogP contribution in [0.25, 0.3) is 0 Å². The maximum Gasteiger partial charge on any atom is 0.318 e. The molecule has 9 heteroatoms. The molecule has 0 aromatic heterocycles. The van der Waals surface area contributed by atoms with Gasteiger partial charge in [0.2, 0.25) is 5.11 Å². The molecule has 130 valence electrons. The normalized spacial score (nSPS) is 14.4. The van der Waals surface area contributed by atoms with E-state index in [1.54, 1.807) is 23.7 Å². The van der Waals surface area contributed by atoms with Gasteiger partial charge in [-0.2, -0.15) is 8.42 Å². The highest BCUT2D eigenvalue weighted by atomic mass is 32.2. The first kappa shape index (κ1) is 18.8. The highest BCUT2D eigenvalue weighted by molar-refractivity contribution is 8.02. The Bertz CT molecular complexity index is 769. The van der Waals surface area contributed by atoms with Gasteiger partial charge in [-0.15, -0.1) is 16.1 Å². The molecule has 1 unspecified atom stereocenters. The maximum absolute atomic E-state index is 10.8. The summed E-state index contributed by atoms with van der Waals surface area (Å²) in [4.78, 5) is 3.76. The predicted molar refractivity (Wildman–Crippen MR) is 102 cm³/mol. The van der Waals surface area contributed by atoms with Gasteiger partial charge < -0.3 is 14.5 Å². The molecule has 1 atom stereocenters. The van der Waals surface area contributed by atoms with Crippen LogP contribution in [-0.2, 0) is 10.5 Å². The average Bonchev–Trinajstić information content (AvgIpc) is 3.08. The molecule has 1 aromatic rings. The quantitative estimate of drug-likeness (QED) is 0.720. The minimum absolute atomic E-state index is 0.0364. The van der Waals surface area contributed by atoms with Gasteiger partial charge in [0.1, 0.15) is 5.75 Å². The van der Waals surface area contributed by atoms with Crippen molar-refractivity contribution in [2.24, 2.45) is 4.36 Å². The zero-order chi connectivity index (χ0) is 17.7. The molecule has 0 spiro atoms. The van der Waals surface area contributed by atoms with Crippen LogP contribution in [0.5, 0.6) is 5.75 Å². The smallest absolute Gasteiger partial charge is 0.318 e. The van der Waals surface area contributed by atoms with Crippen molar-refractivity contribution in [1.29, 1.82) is 0 Å². The second-order valence-corrected chi connectivity index (χ2v) is 6.93. The lowest BCUT2D eigenvalue weighted by atomic mass is 10.1. The molecule has 0 aliphatic carbocycles. The first-order valence-electron chi connectivity index (χ1n) is 7.33. The Morgan fingerprint density at radius 3 is 2.88 bits per heavy atom. The number of rotatable bonds is 5. The van der Waals surface area contributed by atoms with Crippen LogP contribution in [0.3, 0.4) is 0 Å². The molecule has 0 bridgehead atoms. The van der Waals surface area contributed by atoms with E-state index in [-0.39, 0.29) is 11.2 Å². The molecule has 0 radical (unpaired) electrons. The van der Waals surface area contributed by atoms with Crippen LogP contribution in [0.2, 0.25) is 0 Å². The molecule has 0 N–H and O–H groups in total. The molecule has 0 fully saturated rings. The molecule has 0 saturated carbocycles. The third-order valence-corrected chi connectivity index (χ3v) is 5.20. The average molecular weight is 386 g/mol. The van der Waals surface area contributed by atoms with Crippen molar-refractivity contribution in [2.45, 2.75) is 19.9 Å². The van der Waals surface area contributed by atoms with E-state index in [1.807, 2.05) is 25.1 Å². The van der Waals surface area contributed by atoms with E-state index >= 15 is 0 Å². The van der Waals surface area contributed by atoms with Crippen LogP contribution in [0, 0.1) is 0 Å². The first-order valence-corrected chi connectivity index (χ1v) is 9.82. The van der Waals surface area contributed by atoms with Gasteiger partial charge in [-0.05, 0) is 49.2 Å². The van der Waals surface area contributed by atoms with Crippen LogP contribution < -0.4 is 9.64 Å². The van der Waals surface area contributed by atoms with Crippen molar-refractivity contribution < 1.29 is 13.2 Å². The van der Waals surface area contributed by atoms with E-state index in [9.17, 15) is 8.42 Å². The van der Waals surface area contributed by atoms with Gasteiger partial charge in [-0.25, -0.2) is 0 Å². The number of thioether (sulfide) groups is 1. The molecule has 1 aromatic carbocycles. The standard InChI is InChI=1S/C15H19N3O3S3/c1-4-21-14-6-5-12(11(2)18-7-8-23-10-18)9-13(14)17(3)15(22)16-24(19)20/h5-9,11H,4,10H2,1-3H3. The fourth-order valence-corrected chi connectivity index (χ4v) is 3.63. The minimum atomic E-state index is -2.59. The third-order valence-electron chi connectivity index (χ3n) is 3.64. The number of anilines is 1. The topological polar surface area (TPSA) is 62.2 Å². The monoisotopic (exact) mass is 385 g/mol. The molecular weight excluding hydrogens is 366 g/mol. The number of thiocarbonyl (C=S) groups is 1. The summed E-state index contributed by atoms with van der Waals surface area (Å²) in [6.45, 7) is 4.51. The van der Waals surface area contributed by atoms with E-state index < -0.39 is 10.5 Å². The fraction of sp³-hybridized carbons (Fsp3) is 0.400. The second kappa shape index (κ2) is 8.50. The molecule has 2 rings (SSSR count). The summed E-state index contributed by atoms with van der Waals surface area (Å²) in [5.74, 6) is 1.54. The highest BCUT2D eigenvalue weighted by Gasteiger charge is 2.19. The highest BCUT2D eigenvalue weighted by Crippen LogP contribution is 2.34. The third kappa shape index (κ3) is 4.49. The van der Waals surface area contributed by atoms with Gasteiger partial charge in [-0.1, -0.05) is 6.07 Å². The Labute approximate surface area is 153 Å². The van der Waals surface area contributed by atoms with Gasteiger partial charge in [0, 0.05) is 13.2 Å². The molecule has 1 heterocycles. The van der Waals surface area contributed by atoms with Crippen molar-refractivity contribution in [1.82, 2.24) is 4.90 Å². The lowest BCUT2D eigenvalue weighted by Crippen LogP contribution is -2.24. The molecule has 1 aliphatic heterocycles. The van der Waals surface area contributed by atoms with Crippen molar-refractivity contribution in [3.8, 4) is 5.75 Å². The van der Waals surface area contributed by atoms with Crippen LogP contribution >= 0.6 is 24.0 Å². The van der Waals surface area contributed by atoms with Crippen molar-refractivity contribution in [3.63, 3.8) is 0 Å². The minimum Gasteiger partial charge on any atom is -0.492 e. The molecule has 24 heavy (non-hydrogen) atoms. The van der Waals surface area contributed by atoms with Crippen molar-refractivity contribution >= 4 is 45.3 Å². The molecule has 6 nitrogen and oxygen atoms in total. The number of nitrogens with zero attached hydrogens (tertiary/aromatic N) is 3. The summed E-state index contributed by atoms with van der Waals surface area (Å²) in [6, 6.07) is 6.03. The summed E-state index contributed by atoms with van der Waals surface area (Å²) in [5.41, 5.74) is 1.77. The van der Waals surface area contributed by atoms with E-state index in [2.05, 4.69) is 27.8 Å². The van der Waals surface area contributed by atoms with E-state index in [4.69, 9.17) is 17.0 Å². The SMILES string of the molecule is CCOc1ccc(C(C)N2C=CSC2)cc1N(C)C(=S)N=S(=O)=O. The molecule has 1 aliphatic rings. The van der Waals surface area contributed by atoms with Crippen LogP contribution in [0.4, 0.5) is 5.69 Å². The summed E-state index contributed by atoms with van der Waals surface area (Å²) in [5, 5.41) is 2.03. The van der Waals surface area contributed by atoms with Gasteiger partial charge in [-0.3, -0.25) is 0 Å². The van der Waals surface area contributed by atoms with Crippen LogP contribution in [0.1, 0.15) is 25.5 Å². The van der Waals surface area contributed by atoms with E-state index in [0.717, 1.165) is 11.4 Å². The van der Waals surface area contributed by atoms with Crippen LogP contribution in [-0.4, -0.2) is 38.0 Å². The van der Waals surface area contributed by atoms with Crippen molar-refractivity contribution in [3.05, 3.63) is 35.4 Å². The number of benzene rings is 1. The van der Waals surface area contributed by atoms with Crippen molar-refractivity contribution in [2.75, 3.05) is 24.4 Å². The Morgan fingerprint density at radius 1 is 1.54 bits per heavy atom. The largest absolute Gasteiger partial charge is 0.492 e. The fourth-order valence-electron chi connectivity index (χ4n) is 2.29. The summed E-state index contributed by atoms with van der Waals surface area (Å²) in [7, 11) is -0.908. The summed E-state index contributed by atoms with van der Waals surface area (Å²) in [6.07, 6.45) is 2.07. The second-order valence-electron chi connectivity index (χ2n) is 5.08. The lowest BCUT2D eigenvalue weighted by molar-refractivity contribution is 0.338. The Kier molecular flexibility index (Phi) is 6.64. The predicted octanol–water partition coefficient (Wildman–Crippen LogP) is 3.41. The Morgan fingerprint density at radius 2 is 2.29 bits per heavy atom. The zero-order valence-corrected chi connectivity index (χ0v) is 16.1. The molecule has 0 amide bonds. The summed E-state index contributed by atoms with van der Waals surface area (Å²) < 4.78 is 30.6. The van der Waals surface area contributed by atoms with Gasteiger partial charge in [0.25, 0.3) is 0 Å². The number of hydrogen-bond acceptors (Lipinski definition) is 6. The number of ether oxygens (including phenoxy) is 1. The van der Waals surface area contributed by atoms with E-state index in [1.165, 1.54) is 0 Å². The summed E-state index contributed by atoms with van der Waals surface area (Å²) >= 11 is 6.83.